The van der Waals surface area contributed by atoms with Crippen LogP contribution in [0.1, 0.15) is 53.7 Å². The van der Waals surface area contributed by atoms with Gasteiger partial charge in [-0.15, -0.1) is 0 Å². The molecular weight excluding hydrogens is 638 g/mol. The van der Waals surface area contributed by atoms with Crippen LogP contribution in [-0.4, -0.2) is 18.2 Å². The summed E-state index contributed by atoms with van der Waals surface area (Å²) in [5, 5.41) is 9.25. The number of carbonyl (C=O) groups is 1. The van der Waals surface area contributed by atoms with E-state index in [2.05, 4.69) is 51.8 Å². The molecule has 6 nitrogen and oxygen atoms in total. The summed E-state index contributed by atoms with van der Waals surface area (Å²) in [4.78, 5) is 11.3. The number of rotatable bonds is 10. The van der Waals surface area contributed by atoms with E-state index >= 15 is 0 Å². The number of benzene rings is 4. The number of carboxylic acids is 1. The Balaban J connectivity index is 1.91. The lowest BCUT2D eigenvalue weighted by Crippen LogP contribution is -2.12. The molecule has 0 bridgehead atoms. The second-order valence-electron chi connectivity index (χ2n) is 9.83. The van der Waals surface area contributed by atoms with E-state index in [1.54, 1.807) is 31.4 Å². The number of nitrogen functional groups attached to an aromatic ring is 1. The fourth-order valence-corrected chi connectivity index (χ4v) is 5.88. The minimum Gasteiger partial charge on any atom is -0.496 e. The average Bonchev–Trinajstić information content (AvgIpc) is 2.89. The monoisotopic (exact) mass is 667 g/mol. The van der Waals surface area contributed by atoms with Crippen LogP contribution in [0.25, 0.3) is 0 Å². The Kier molecular flexibility index (Phi) is 9.43. The van der Waals surface area contributed by atoms with Crippen LogP contribution in [0.3, 0.4) is 0 Å². The minimum atomic E-state index is -0.910. The van der Waals surface area contributed by atoms with Crippen LogP contribution in [-0.2, 0) is 11.2 Å². The molecule has 4 rings (SSSR count). The molecule has 208 valence electrons. The van der Waals surface area contributed by atoms with Gasteiger partial charge in [-0.05, 0) is 104 Å². The Labute approximate surface area is 251 Å². The Morgan fingerprint density at radius 3 is 2.15 bits per heavy atom. The van der Waals surface area contributed by atoms with Crippen molar-refractivity contribution in [1.29, 1.82) is 0 Å². The van der Waals surface area contributed by atoms with Crippen molar-refractivity contribution in [3.8, 4) is 23.0 Å². The van der Waals surface area contributed by atoms with Gasteiger partial charge in [-0.3, -0.25) is 4.79 Å². The zero-order valence-electron chi connectivity index (χ0n) is 22.7. The highest BCUT2D eigenvalue weighted by atomic mass is 79.9. The number of nitrogens with two attached hydrogens (primary N) is 1. The molecule has 0 heterocycles. The van der Waals surface area contributed by atoms with E-state index in [0.29, 0.717) is 37.4 Å². The molecule has 0 spiro atoms. The molecule has 0 radical (unpaired) electrons. The number of aliphatic carboxylic acids is 1. The summed E-state index contributed by atoms with van der Waals surface area (Å²) in [7, 11) is 1.66. The van der Waals surface area contributed by atoms with Gasteiger partial charge in [0.2, 0.25) is 0 Å². The van der Waals surface area contributed by atoms with Crippen molar-refractivity contribution in [2.24, 2.45) is 0 Å². The number of halogens is 2. The Bertz CT molecular complexity index is 1500. The number of hydrogen-bond donors (Lipinski definition) is 2. The fraction of sp³-hybridized carbons (Fsp3) is 0.219. The molecule has 0 amide bonds. The van der Waals surface area contributed by atoms with E-state index in [0.717, 1.165) is 28.0 Å². The zero-order valence-corrected chi connectivity index (χ0v) is 25.9. The van der Waals surface area contributed by atoms with Crippen LogP contribution in [0.5, 0.6) is 23.0 Å². The molecule has 4 aromatic carbocycles. The van der Waals surface area contributed by atoms with Crippen LogP contribution in [0.2, 0.25) is 0 Å². The van der Waals surface area contributed by atoms with E-state index in [1.165, 1.54) is 0 Å². The normalized spacial score (nSPS) is 11.8. The molecule has 8 heteroatoms. The summed E-state index contributed by atoms with van der Waals surface area (Å²) in [5.74, 6) is 1.73. The van der Waals surface area contributed by atoms with Gasteiger partial charge in [-0.25, -0.2) is 0 Å². The molecule has 1 atom stereocenters. The van der Waals surface area contributed by atoms with Gasteiger partial charge in [0.25, 0.3) is 0 Å². The van der Waals surface area contributed by atoms with Gasteiger partial charge in [0.1, 0.15) is 17.2 Å². The lowest BCUT2D eigenvalue weighted by atomic mass is 9.94. The van der Waals surface area contributed by atoms with Gasteiger partial charge in [-0.2, -0.15) is 0 Å². The van der Waals surface area contributed by atoms with Gasteiger partial charge >= 0.3 is 5.97 Å². The van der Waals surface area contributed by atoms with Crippen molar-refractivity contribution in [2.75, 3.05) is 12.8 Å². The van der Waals surface area contributed by atoms with Gasteiger partial charge in [0, 0.05) is 16.8 Å². The predicted octanol–water partition coefficient (Wildman–Crippen LogP) is 8.82. The third-order valence-corrected chi connectivity index (χ3v) is 7.55. The lowest BCUT2D eigenvalue weighted by Gasteiger charge is -2.26. The first-order valence-corrected chi connectivity index (χ1v) is 14.3. The molecular formula is C32H31Br2NO5. The fourth-order valence-electron chi connectivity index (χ4n) is 4.44. The lowest BCUT2D eigenvalue weighted by molar-refractivity contribution is -0.136. The first kappa shape index (κ1) is 29.5. The first-order chi connectivity index (χ1) is 19.0. The predicted molar refractivity (Wildman–Crippen MR) is 165 cm³/mol. The Hall–Kier alpha value is -3.49. The summed E-state index contributed by atoms with van der Waals surface area (Å²) in [5.41, 5.74) is 11.0. The van der Waals surface area contributed by atoms with Crippen molar-refractivity contribution >= 4 is 43.5 Å². The van der Waals surface area contributed by atoms with Crippen LogP contribution >= 0.6 is 31.9 Å². The second-order valence-corrected chi connectivity index (χ2v) is 11.5. The molecule has 0 aliphatic heterocycles. The summed E-state index contributed by atoms with van der Waals surface area (Å²) in [6.07, 6.45) is -0.648. The molecule has 1 unspecified atom stereocenters. The van der Waals surface area contributed by atoms with Crippen molar-refractivity contribution in [3.05, 3.63) is 110 Å². The van der Waals surface area contributed by atoms with Crippen molar-refractivity contribution in [1.82, 2.24) is 0 Å². The van der Waals surface area contributed by atoms with Gasteiger partial charge in [0.05, 0.1) is 22.5 Å². The van der Waals surface area contributed by atoms with E-state index in [4.69, 9.17) is 19.9 Å². The maximum absolute atomic E-state index is 11.3. The minimum absolute atomic E-state index is 0.104. The smallest absolute Gasteiger partial charge is 0.307 e. The number of anilines is 1. The number of carboxylic acid groups (broad SMARTS) is 1. The third-order valence-electron chi connectivity index (χ3n) is 6.37. The van der Waals surface area contributed by atoms with Gasteiger partial charge in [-0.1, -0.05) is 43.7 Å². The molecule has 0 saturated carbocycles. The van der Waals surface area contributed by atoms with E-state index < -0.39 is 12.1 Å². The molecule has 0 aliphatic rings. The number of aryl methyl sites for hydroxylation is 1. The van der Waals surface area contributed by atoms with Gasteiger partial charge < -0.3 is 25.1 Å². The summed E-state index contributed by atoms with van der Waals surface area (Å²) in [6.45, 7) is 6.23. The molecule has 0 saturated heterocycles. The topological polar surface area (TPSA) is 91.0 Å². The largest absolute Gasteiger partial charge is 0.496 e. The number of methoxy groups -OCH3 is 1. The van der Waals surface area contributed by atoms with E-state index in [9.17, 15) is 9.90 Å². The SMILES string of the molecule is COc1cc(C(Oc2ccc(N)cc2)c2cccc(C)c2)c(Oc2c(Br)cc(CC(=O)O)cc2Br)cc1C(C)C. The Morgan fingerprint density at radius 1 is 0.925 bits per heavy atom. The summed E-state index contributed by atoms with van der Waals surface area (Å²) in [6, 6.07) is 22.9. The summed E-state index contributed by atoms with van der Waals surface area (Å²) >= 11 is 7.16. The van der Waals surface area contributed by atoms with Crippen molar-refractivity contribution < 1.29 is 24.1 Å². The maximum atomic E-state index is 11.3. The second kappa shape index (κ2) is 12.8. The maximum Gasteiger partial charge on any atom is 0.307 e. The molecule has 3 N–H and O–H groups in total. The molecule has 40 heavy (non-hydrogen) atoms. The highest BCUT2D eigenvalue weighted by Gasteiger charge is 2.26. The first-order valence-electron chi connectivity index (χ1n) is 12.7. The van der Waals surface area contributed by atoms with Crippen molar-refractivity contribution in [3.63, 3.8) is 0 Å². The third kappa shape index (κ3) is 6.98. The number of hydrogen-bond acceptors (Lipinski definition) is 5. The Morgan fingerprint density at radius 2 is 1.57 bits per heavy atom. The standard InChI is InChI=1S/C32H31Br2NO5/c1-18(2)24-16-29(40-32-26(33)13-20(14-27(32)34)15-30(36)37)25(17-28(24)38-4)31(21-7-5-6-19(3)12-21)39-23-10-8-22(35)9-11-23/h5-14,16-18,31H,15,35H2,1-4H3,(H,36,37). The van der Waals surface area contributed by atoms with Crippen LogP contribution < -0.4 is 19.9 Å². The summed E-state index contributed by atoms with van der Waals surface area (Å²) < 4.78 is 20.3. The highest BCUT2D eigenvalue weighted by molar-refractivity contribution is 9.11. The van der Waals surface area contributed by atoms with E-state index in [-0.39, 0.29) is 12.3 Å². The van der Waals surface area contributed by atoms with Crippen molar-refractivity contribution in [2.45, 2.75) is 39.2 Å². The average molecular weight is 669 g/mol. The van der Waals surface area contributed by atoms with E-state index in [1.807, 2.05) is 49.4 Å². The molecule has 4 aromatic rings. The molecule has 0 aromatic heterocycles. The molecule has 0 fully saturated rings. The van der Waals surface area contributed by atoms with Crippen LogP contribution in [0, 0.1) is 6.92 Å². The molecule has 0 aliphatic carbocycles. The quantitative estimate of drug-likeness (QED) is 0.164. The number of ether oxygens (including phenoxy) is 3. The zero-order chi connectivity index (χ0) is 29.0. The highest BCUT2D eigenvalue weighted by Crippen LogP contribution is 2.45. The van der Waals surface area contributed by atoms with Crippen LogP contribution in [0.4, 0.5) is 5.69 Å². The van der Waals surface area contributed by atoms with Gasteiger partial charge in [0.15, 0.2) is 11.9 Å². The van der Waals surface area contributed by atoms with Crippen LogP contribution in [0.15, 0.2) is 81.7 Å².